The first-order valence-electron chi connectivity index (χ1n) is 9.42. The smallest absolute Gasteiger partial charge is 0.344 e. The van der Waals surface area contributed by atoms with Crippen molar-refractivity contribution in [3.05, 3.63) is 59.7 Å². The number of carbonyl (C=O) groups excluding carboxylic acids is 2. The first kappa shape index (κ1) is 20.4. The minimum absolute atomic E-state index is 0.147. The van der Waals surface area contributed by atoms with Gasteiger partial charge in [0, 0.05) is 18.9 Å². The zero-order valence-electron chi connectivity index (χ0n) is 16.8. The molecule has 0 N–H and O–H groups in total. The molecule has 0 fully saturated rings. The predicted molar refractivity (Wildman–Crippen MR) is 108 cm³/mol. The molecule has 29 heavy (non-hydrogen) atoms. The minimum Gasteiger partial charge on any atom is -0.497 e. The average molecular weight is 396 g/mol. The number of esters is 1. The fourth-order valence-corrected chi connectivity index (χ4v) is 3.22. The Morgan fingerprint density at radius 2 is 1.86 bits per heavy atom. The molecule has 0 aromatic heterocycles. The molecule has 0 bridgehead atoms. The van der Waals surface area contributed by atoms with Crippen LogP contribution in [0.1, 0.15) is 37.4 Å². The standard InChI is InChI=1S/C22H24N2O5/c1-4-28-22(26)14-29-21-8-6-5-7-18(21)19-13-20(24(23-19)15(2)25)16-9-11-17(27-3)12-10-16/h5-12,20H,4,13-14H2,1-3H3. The van der Waals surface area contributed by atoms with Gasteiger partial charge in [0.2, 0.25) is 5.91 Å². The van der Waals surface area contributed by atoms with Crippen LogP contribution >= 0.6 is 0 Å². The molecule has 1 aliphatic rings. The Labute approximate surface area is 169 Å². The Morgan fingerprint density at radius 3 is 2.52 bits per heavy atom. The lowest BCUT2D eigenvalue weighted by Gasteiger charge is -2.20. The van der Waals surface area contributed by atoms with E-state index in [9.17, 15) is 9.59 Å². The molecule has 2 aromatic carbocycles. The lowest BCUT2D eigenvalue weighted by atomic mass is 9.98. The van der Waals surface area contributed by atoms with E-state index in [0.29, 0.717) is 18.8 Å². The molecule has 1 heterocycles. The van der Waals surface area contributed by atoms with Crippen LogP contribution in [-0.4, -0.2) is 42.9 Å². The van der Waals surface area contributed by atoms with Crippen LogP contribution in [0, 0.1) is 0 Å². The summed E-state index contributed by atoms with van der Waals surface area (Å²) in [5.74, 6) is 0.695. The van der Waals surface area contributed by atoms with Crippen molar-refractivity contribution in [2.24, 2.45) is 5.10 Å². The van der Waals surface area contributed by atoms with E-state index in [2.05, 4.69) is 5.10 Å². The molecule has 0 saturated heterocycles. The summed E-state index contributed by atoms with van der Waals surface area (Å²) in [4.78, 5) is 23.8. The summed E-state index contributed by atoms with van der Waals surface area (Å²) in [5, 5.41) is 6.04. The summed E-state index contributed by atoms with van der Waals surface area (Å²) < 4.78 is 15.8. The SMILES string of the molecule is CCOC(=O)COc1ccccc1C1=NN(C(C)=O)C(c2ccc(OC)cc2)C1. The maximum absolute atomic E-state index is 12.2. The number of hydrogen-bond donors (Lipinski definition) is 0. The Hall–Kier alpha value is -3.35. The highest BCUT2D eigenvalue weighted by Crippen LogP contribution is 2.35. The van der Waals surface area contributed by atoms with Crippen LogP contribution in [0.5, 0.6) is 11.5 Å². The van der Waals surface area contributed by atoms with Gasteiger partial charge < -0.3 is 14.2 Å². The average Bonchev–Trinajstić information content (AvgIpc) is 3.18. The molecular formula is C22H24N2O5. The lowest BCUT2D eigenvalue weighted by molar-refractivity contribution is -0.145. The van der Waals surface area contributed by atoms with E-state index in [-0.39, 0.29) is 18.6 Å². The zero-order valence-corrected chi connectivity index (χ0v) is 16.8. The number of hydrazone groups is 1. The summed E-state index contributed by atoms with van der Waals surface area (Å²) in [6.45, 7) is 3.35. The molecule has 0 aliphatic carbocycles. The van der Waals surface area contributed by atoms with E-state index in [1.807, 2.05) is 42.5 Å². The van der Waals surface area contributed by atoms with Gasteiger partial charge in [-0.15, -0.1) is 0 Å². The van der Waals surface area contributed by atoms with E-state index >= 15 is 0 Å². The van der Waals surface area contributed by atoms with E-state index in [4.69, 9.17) is 14.2 Å². The normalized spacial score (nSPS) is 15.6. The molecule has 2 aromatic rings. The van der Waals surface area contributed by atoms with Gasteiger partial charge in [0.15, 0.2) is 6.61 Å². The van der Waals surface area contributed by atoms with Gasteiger partial charge in [-0.25, -0.2) is 9.80 Å². The second-order valence-corrected chi connectivity index (χ2v) is 6.49. The number of carbonyl (C=O) groups is 2. The van der Waals surface area contributed by atoms with Gasteiger partial charge in [0.1, 0.15) is 11.5 Å². The largest absolute Gasteiger partial charge is 0.497 e. The van der Waals surface area contributed by atoms with Crippen LogP contribution in [0.3, 0.4) is 0 Å². The molecule has 0 saturated carbocycles. The lowest BCUT2D eigenvalue weighted by Crippen LogP contribution is -2.24. The zero-order chi connectivity index (χ0) is 20.8. The van der Waals surface area contributed by atoms with Crippen molar-refractivity contribution in [1.82, 2.24) is 5.01 Å². The number of rotatable bonds is 7. The van der Waals surface area contributed by atoms with Crippen LogP contribution in [0.25, 0.3) is 0 Å². The third-order valence-electron chi connectivity index (χ3n) is 4.58. The van der Waals surface area contributed by atoms with Crippen molar-refractivity contribution >= 4 is 17.6 Å². The monoisotopic (exact) mass is 396 g/mol. The number of ether oxygens (including phenoxy) is 3. The highest BCUT2D eigenvalue weighted by molar-refractivity contribution is 6.05. The molecule has 0 radical (unpaired) electrons. The van der Waals surface area contributed by atoms with Gasteiger partial charge in [0.25, 0.3) is 0 Å². The molecule has 1 unspecified atom stereocenters. The summed E-state index contributed by atoms with van der Waals surface area (Å²) >= 11 is 0. The van der Waals surface area contributed by atoms with Gasteiger partial charge in [-0.3, -0.25) is 4.79 Å². The first-order valence-corrected chi connectivity index (χ1v) is 9.42. The van der Waals surface area contributed by atoms with Crippen molar-refractivity contribution in [1.29, 1.82) is 0 Å². The number of nitrogens with zero attached hydrogens (tertiary/aromatic N) is 2. The van der Waals surface area contributed by atoms with Crippen LogP contribution in [-0.2, 0) is 14.3 Å². The van der Waals surface area contributed by atoms with Crippen molar-refractivity contribution in [3.8, 4) is 11.5 Å². The van der Waals surface area contributed by atoms with Crippen molar-refractivity contribution < 1.29 is 23.8 Å². The van der Waals surface area contributed by atoms with Crippen LogP contribution in [0.2, 0.25) is 0 Å². The molecule has 7 heteroatoms. The van der Waals surface area contributed by atoms with E-state index in [1.165, 1.54) is 11.9 Å². The molecular weight excluding hydrogens is 372 g/mol. The third-order valence-corrected chi connectivity index (χ3v) is 4.58. The molecule has 0 spiro atoms. The highest BCUT2D eigenvalue weighted by Gasteiger charge is 2.32. The number of para-hydroxylation sites is 1. The molecule has 1 aliphatic heterocycles. The van der Waals surface area contributed by atoms with Gasteiger partial charge in [-0.2, -0.15) is 5.10 Å². The third kappa shape index (κ3) is 4.74. The van der Waals surface area contributed by atoms with Crippen LogP contribution in [0.15, 0.2) is 53.6 Å². The Balaban J connectivity index is 1.84. The number of amides is 1. The van der Waals surface area contributed by atoms with Crippen molar-refractivity contribution in [2.45, 2.75) is 26.3 Å². The number of methoxy groups -OCH3 is 1. The summed E-state index contributed by atoms with van der Waals surface area (Å²) in [7, 11) is 1.61. The second kappa shape index (κ2) is 9.23. The summed E-state index contributed by atoms with van der Waals surface area (Å²) in [5.41, 5.74) is 2.43. The number of benzene rings is 2. The second-order valence-electron chi connectivity index (χ2n) is 6.49. The fraction of sp³-hybridized carbons (Fsp3) is 0.318. The maximum atomic E-state index is 12.2. The van der Waals surface area contributed by atoms with Crippen LogP contribution in [0.4, 0.5) is 0 Å². The maximum Gasteiger partial charge on any atom is 0.344 e. The van der Waals surface area contributed by atoms with Gasteiger partial charge in [0.05, 0.1) is 25.5 Å². The van der Waals surface area contributed by atoms with E-state index in [1.54, 1.807) is 20.1 Å². The Kier molecular flexibility index (Phi) is 6.49. The topological polar surface area (TPSA) is 77.4 Å². The fourth-order valence-electron chi connectivity index (χ4n) is 3.22. The predicted octanol–water partition coefficient (Wildman–Crippen LogP) is 3.33. The van der Waals surface area contributed by atoms with Gasteiger partial charge in [-0.1, -0.05) is 24.3 Å². The molecule has 1 amide bonds. The first-order chi connectivity index (χ1) is 14.0. The molecule has 152 valence electrons. The Morgan fingerprint density at radius 1 is 1.14 bits per heavy atom. The number of hydrogen-bond acceptors (Lipinski definition) is 6. The minimum atomic E-state index is -0.433. The Bertz CT molecular complexity index is 908. The van der Waals surface area contributed by atoms with Crippen molar-refractivity contribution in [2.75, 3.05) is 20.3 Å². The van der Waals surface area contributed by atoms with E-state index in [0.717, 1.165) is 22.6 Å². The van der Waals surface area contributed by atoms with Gasteiger partial charge in [-0.05, 0) is 36.8 Å². The summed E-state index contributed by atoms with van der Waals surface area (Å²) in [6, 6.07) is 14.7. The van der Waals surface area contributed by atoms with Crippen molar-refractivity contribution in [3.63, 3.8) is 0 Å². The summed E-state index contributed by atoms with van der Waals surface area (Å²) in [6.07, 6.45) is 0.533. The molecule has 7 nitrogen and oxygen atoms in total. The molecule has 3 rings (SSSR count). The molecule has 1 atom stereocenters. The highest BCUT2D eigenvalue weighted by atomic mass is 16.6. The van der Waals surface area contributed by atoms with E-state index < -0.39 is 5.97 Å². The van der Waals surface area contributed by atoms with Gasteiger partial charge >= 0.3 is 5.97 Å². The quantitative estimate of drug-likeness (QED) is 0.671. The van der Waals surface area contributed by atoms with Crippen LogP contribution < -0.4 is 9.47 Å².